The zero-order valence-electron chi connectivity index (χ0n) is 15.3. The Labute approximate surface area is 158 Å². The second kappa shape index (κ2) is 9.33. The number of hydrogen-bond acceptors (Lipinski definition) is 6. The molecule has 140 valence electrons. The average Bonchev–Trinajstić information content (AvgIpc) is 2.56. The Kier molecular flexibility index (Phi) is 7.15. The van der Waals surface area contributed by atoms with Crippen LogP contribution in [0.1, 0.15) is 45.2 Å². The summed E-state index contributed by atoms with van der Waals surface area (Å²) >= 11 is 5.84. The molecule has 0 bridgehead atoms. The Bertz CT molecular complexity index is 746. The summed E-state index contributed by atoms with van der Waals surface area (Å²) in [5.74, 6) is 0.610. The molecule has 0 radical (unpaired) electrons. The molecule has 26 heavy (non-hydrogen) atoms. The number of pyridine rings is 2. The second-order valence-electron chi connectivity index (χ2n) is 6.17. The topological polar surface area (TPSA) is 93.0 Å². The summed E-state index contributed by atoms with van der Waals surface area (Å²) in [5, 5.41) is 18.5. The summed E-state index contributed by atoms with van der Waals surface area (Å²) in [6.45, 7) is 6.02. The highest BCUT2D eigenvalue weighted by Gasteiger charge is 2.24. The smallest absolute Gasteiger partial charge is 0.334 e. The first-order valence-corrected chi connectivity index (χ1v) is 9.13. The van der Waals surface area contributed by atoms with Crippen molar-refractivity contribution in [2.75, 3.05) is 10.6 Å². The Morgan fingerprint density at radius 3 is 2.50 bits per heavy atom. The van der Waals surface area contributed by atoms with Crippen LogP contribution in [0.2, 0.25) is 5.02 Å². The van der Waals surface area contributed by atoms with Crippen molar-refractivity contribution in [1.29, 1.82) is 0 Å². The van der Waals surface area contributed by atoms with Gasteiger partial charge in [0.2, 0.25) is 5.82 Å². The fraction of sp³-hybridized carbons (Fsp3) is 0.444. The molecule has 2 heterocycles. The van der Waals surface area contributed by atoms with Crippen LogP contribution in [-0.2, 0) is 0 Å². The van der Waals surface area contributed by atoms with E-state index >= 15 is 0 Å². The van der Waals surface area contributed by atoms with E-state index < -0.39 is 4.92 Å². The van der Waals surface area contributed by atoms with Gasteiger partial charge < -0.3 is 10.6 Å². The van der Waals surface area contributed by atoms with Gasteiger partial charge in [-0.3, -0.25) is 10.1 Å². The number of aromatic nitrogens is 2. The van der Waals surface area contributed by atoms with Gasteiger partial charge in [-0.25, -0.2) is 9.97 Å². The number of aryl methyl sites for hydroxylation is 1. The maximum absolute atomic E-state index is 11.7. The number of anilines is 3. The number of halogens is 1. The zero-order valence-corrected chi connectivity index (χ0v) is 16.0. The van der Waals surface area contributed by atoms with Crippen molar-refractivity contribution < 1.29 is 4.92 Å². The molecule has 0 unspecified atom stereocenters. The molecule has 2 aromatic heterocycles. The fourth-order valence-corrected chi connectivity index (χ4v) is 2.94. The number of nitrogens with one attached hydrogen (secondary N) is 2. The van der Waals surface area contributed by atoms with E-state index in [0.29, 0.717) is 22.2 Å². The van der Waals surface area contributed by atoms with Crippen LogP contribution >= 0.6 is 11.6 Å². The lowest BCUT2D eigenvalue weighted by molar-refractivity contribution is -0.383. The molecule has 2 rings (SSSR count). The first kappa shape index (κ1) is 19.9. The minimum atomic E-state index is -0.415. The van der Waals surface area contributed by atoms with E-state index in [-0.39, 0.29) is 17.5 Å². The largest absolute Gasteiger partial charge is 0.377 e. The van der Waals surface area contributed by atoms with E-state index in [9.17, 15) is 10.1 Å². The maximum atomic E-state index is 11.7. The molecule has 7 nitrogen and oxygen atoms in total. The highest BCUT2D eigenvalue weighted by atomic mass is 35.5. The van der Waals surface area contributed by atoms with Crippen LogP contribution in [0.5, 0.6) is 0 Å². The normalized spacial score (nSPS) is 10.8. The van der Waals surface area contributed by atoms with E-state index in [2.05, 4.69) is 34.4 Å². The molecule has 0 spiro atoms. The van der Waals surface area contributed by atoms with E-state index in [1.54, 1.807) is 18.2 Å². The first-order chi connectivity index (χ1) is 12.4. The van der Waals surface area contributed by atoms with Crippen LogP contribution < -0.4 is 10.6 Å². The number of rotatable bonds is 9. The van der Waals surface area contributed by atoms with Crippen LogP contribution in [0.4, 0.5) is 23.0 Å². The summed E-state index contributed by atoms with van der Waals surface area (Å²) in [4.78, 5) is 19.8. The molecule has 0 aliphatic rings. The van der Waals surface area contributed by atoms with Crippen molar-refractivity contribution >= 4 is 34.6 Å². The Morgan fingerprint density at radius 1 is 1.27 bits per heavy atom. The van der Waals surface area contributed by atoms with Gasteiger partial charge in [-0.1, -0.05) is 38.3 Å². The van der Waals surface area contributed by atoms with Crippen molar-refractivity contribution in [3.63, 3.8) is 0 Å². The second-order valence-corrected chi connectivity index (χ2v) is 6.61. The van der Waals surface area contributed by atoms with E-state index in [4.69, 9.17) is 11.6 Å². The predicted molar refractivity (Wildman–Crippen MR) is 105 cm³/mol. The van der Waals surface area contributed by atoms with Gasteiger partial charge in [0.15, 0.2) is 0 Å². The summed E-state index contributed by atoms with van der Waals surface area (Å²) in [5.41, 5.74) is 1.08. The summed E-state index contributed by atoms with van der Waals surface area (Å²) in [6, 6.07) is 5.22. The third-order valence-corrected chi connectivity index (χ3v) is 4.13. The average molecular weight is 378 g/mol. The molecule has 0 aliphatic heterocycles. The molecule has 0 aromatic carbocycles. The third-order valence-electron chi connectivity index (χ3n) is 3.91. The van der Waals surface area contributed by atoms with Crippen molar-refractivity contribution in [2.24, 2.45) is 0 Å². The van der Waals surface area contributed by atoms with Crippen LogP contribution in [0.25, 0.3) is 0 Å². The van der Waals surface area contributed by atoms with Crippen LogP contribution in [-0.4, -0.2) is 20.9 Å². The SMILES string of the molecule is CCCC(CCC)Nc1cc(C)nc(Nc2ccc(Cl)cn2)c1[N+](=O)[O-]. The molecule has 2 N–H and O–H groups in total. The lowest BCUT2D eigenvalue weighted by Gasteiger charge is -2.20. The molecule has 0 amide bonds. The van der Waals surface area contributed by atoms with Crippen LogP contribution in [0, 0.1) is 17.0 Å². The molecule has 2 aromatic rings. The number of nitro groups is 1. The molecule has 8 heteroatoms. The first-order valence-electron chi connectivity index (χ1n) is 8.75. The summed E-state index contributed by atoms with van der Waals surface area (Å²) < 4.78 is 0. The minimum absolute atomic E-state index is 0.0791. The molecular formula is C18H24ClN5O2. The number of hydrogen-bond donors (Lipinski definition) is 2. The number of nitrogens with zero attached hydrogens (tertiary/aromatic N) is 3. The minimum Gasteiger partial charge on any atom is -0.377 e. The fourth-order valence-electron chi connectivity index (χ4n) is 2.82. The van der Waals surface area contributed by atoms with E-state index in [1.165, 1.54) is 6.20 Å². The molecule has 0 saturated carbocycles. The molecule has 0 fully saturated rings. The maximum Gasteiger partial charge on any atom is 0.334 e. The Balaban J connectivity index is 2.40. The molecular weight excluding hydrogens is 354 g/mol. The van der Waals surface area contributed by atoms with Gasteiger partial charge in [-0.05, 0) is 38.0 Å². The Morgan fingerprint density at radius 2 is 1.96 bits per heavy atom. The molecule has 0 saturated heterocycles. The van der Waals surface area contributed by atoms with Gasteiger partial charge in [0.25, 0.3) is 0 Å². The van der Waals surface area contributed by atoms with Gasteiger partial charge in [0, 0.05) is 17.9 Å². The lowest BCUT2D eigenvalue weighted by Crippen LogP contribution is -2.20. The van der Waals surface area contributed by atoms with Crippen LogP contribution in [0.3, 0.4) is 0 Å². The van der Waals surface area contributed by atoms with Gasteiger partial charge >= 0.3 is 5.69 Å². The van der Waals surface area contributed by atoms with Gasteiger partial charge in [0.1, 0.15) is 11.5 Å². The van der Waals surface area contributed by atoms with E-state index in [1.807, 2.05) is 6.92 Å². The highest BCUT2D eigenvalue weighted by Crippen LogP contribution is 2.35. The summed E-state index contributed by atoms with van der Waals surface area (Å²) in [6.07, 6.45) is 5.40. The van der Waals surface area contributed by atoms with Crippen LogP contribution in [0.15, 0.2) is 24.4 Å². The van der Waals surface area contributed by atoms with Crippen molar-refractivity contribution in [2.45, 2.75) is 52.5 Å². The monoisotopic (exact) mass is 377 g/mol. The van der Waals surface area contributed by atoms with E-state index in [0.717, 1.165) is 25.7 Å². The van der Waals surface area contributed by atoms with Crippen molar-refractivity contribution in [3.05, 3.63) is 45.2 Å². The molecule has 0 aliphatic carbocycles. The van der Waals surface area contributed by atoms with Gasteiger partial charge in [-0.15, -0.1) is 0 Å². The molecule has 0 atom stereocenters. The summed E-state index contributed by atoms with van der Waals surface area (Å²) in [7, 11) is 0. The quantitative estimate of drug-likeness (QED) is 0.444. The van der Waals surface area contributed by atoms with Gasteiger partial charge in [0.05, 0.1) is 9.95 Å². The van der Waals surface area contributed by atoms with Crippen molar-refractivity contribution in [1.82, 2.24) is 9.97 Å². The lowest BCUT2D eigenvalue weighted by atomic mass is 10.1. The Hall–Kier alpha value is -2.41. The van der Waals surface area contributed by atoms with Gasteiger partial charge in [-0.2, -0.15) is 0 Å². The highest BCUT2D eigenvalue weighted by molar-refractivity contribution is 6.30. The predicted octanol–water partition coefficient (Wildman–Crippen LogP) is 5.47. The third kappa shape index (κ3) is 5.29. The zero-order chi connectivity index (χ0) is 19.1. The van der Waals surface area contributed by atoms with Crippen molar-refractivity contribution in [3.8, 4) is 0 Å². The standard InChI is InChI=1S/C18H24ClN5O2/c1-4-6-14(7-5-2)22-15-10-12(3)21-18(17(15)24(25)26)23-16-9-8-13(19)11-20-16/h8-11,14H,4-7H2,1-3H3,(H2,20,21,22,23).